The Morgan fingerprint density at radius 2 is 2.05 bits per heavy atom. The third-order valence-electron chi connectivity index (χ3n) is 2.58. The monoisotopic (exact) mass is 353 g/mol. The van der Waals surface area contributed by atoms with Gasteiger partial charge in [0.15, 0.2) is 0 Å². The number of carbonyl (C=O) groups excluding carboxylic acids is 1. The molecule has 20 heavy (non-hydrogen) atoms. The van der Waals surface area contributed by atoms with E-state index in [1.165, 1.54) is 11.3 Å². The minimum absolute atomic E-state index is 0.0613. The zero-order chi connectivity index (χ0) is 14.7. The molecule has 1 N–H and O–H groups in total. The molecule has 0 radical (unpaired) electrons. The van der Waals surface area contributed by atoms with Crippen molar-refractivity contribution in [3.05, 3.63) is 44.6 Å². The second kappa shape index (κ2) is 6.41. The van der Waals surface area contributed by atoms with E-state index in [2.05, 4.69) is 21.2 Å². The summed E-state index contributed by atoms with van der Waals surface area (Å²) in [6.07, 6.45) is 0.0613. The van der Waals surface area contributed by atoms with E-state index in [1.54, 1.807) is 0 Å². The number of hydrogen-bond acceptors (Lipinski definition) is 3. The SMILES string of the molecule is Cc1cc(C(=O)Nc2ccccc2OC(C)C)sc1Br. The fourth-order valence-electron chi connectivity index (χ4n) is 1.68. The van der Waals surface area contributed by atoms with Crippen molar-refractivity contribution in [2.45, 2.75) is 26.9 Å². The van der Waals surface area contributed by atoms with Gasteiger partial charge in [0.25, 0.3) is 5.91 Å². The minimum atomic E-state index is -0.122. The number of carbonyl (C=O) groups is 1. The van der Waals surface area contributed by atoms with Crippen LogP contribution in [0.5, 0.6) is 5.75 Å². The highest BCUT2D eigenvalue weighted by molar-refractivity contribution is 9.11. The van der Waals surface area contributed by atoms with Crippen molar-refractivity contribution in [1.29, 1.82) is 0 Å². The quantitative estimate of drug-likeness (QED) is 0.852. The molecule has 0 aliphatic carbocycles. The molecule has 1 aromatic carbocycles. The van der Waals surface area contributed by atoms with Gasteiger partial charge in [-0.3, -0.25) is 4.79 Å². The normalized spacial score (nSPS) is 10.7. The van der Waals surface area contributed by atoms with Crippen LogP contribution in [0, 0.1) is 6.92 Å². The first kappa shape index (κ1) is 15.1. The molecule has 0 bridgehead atoms. The summed E-state index contributed by atoms with van der Waals surface area (Å²) < 4.78 is 6.67. The van der Waals surface area contributed by atoms with E-state index in [9.17, 15) is 4.79 Å². The lowest BCUT2D eigenvalue weighted by Gasteiger charge is -2.14. The van der Waals surface area contributed by atoms with E-state index in [-0.39, 0.29) is 12.0 Å². The number of rotatable bonds is 4. The molecule has 2 aromatic rings. The first-order valence-corrected chi connectivity index (χ1v) is 7.91. The second-order valence-electron chi connectivity index (χ2n) is 4.68. The van der Waals surface area contributed by atoms with Crippen molar-refractivity contribution in [2.24, 2.45) is 0 Å². The second-order valence-corrected chi connectivity index (χ2v) is 7.05. The summed E-state index contributed by atoms with van der Waals surface area (Å²) in [6, 6.07) is 9.32. The molecule has 0 unspecified atom stereocenters. The number of benzene rings is 1. The Kier molecular flexibility index (Phi) is 4.83. The van der Waals surface area contributed by atoms with Crippen molar-refractivity contribution in [2.75, 3.05) is 5.32 Å². The van der Waals surface area contributed by atoms with Crippen LogP contribution in [0.1, 0.15) is 29.1 Å². The molecule has 0 aliphatic rings. The number of nitrogens with one attached hydrogen (secondary N) is 1. The maximum absolute atomic E-state index is 12.2. The third-order valence-corrected chi connectivity index (χ3v) is 4.71. The first-order valence-electron chi connectivity index (χ1n) is 6.30. The Labute approximate surface area is 131 Å². The Hall–Kier alpha value is -1.33. The summed E-state index contributed by atoms with van der Waals surface area (Å²) in [5.74, 6) is 0.562. The Bertz CT molecular complexity index is 603. The van der Waals surface area contributed by atoms with Crippen molar-refractivity contribution < 1.29 is 9.53 Å². The molecule has 0 spiro atoms. The molecule has 0 atom stereocenters. The lowest BCUT2D eigenvalue weighted by atomic mass is 10.2. The fourth-order valence-corrected chi connectivity index (χ4v) is 3.11. The van der Waals surface area contributed by atoms with E-state index < -0.39 is 0 Å². The van der Waals surface area contributed by atoms with E-state index in [4.69, 9.17) is 4.74 Å². The van der Waals surface area contributed by atoms with Gasteiger partial charge in [-0.15, -0.1) is 11.3 Å². The zero-order valence-corrected chi connectivity index (χ0v) is 14.0. The number of hydrogen-bond donors (Lipinski definition) is 1. The van der Waals surface area contributed by atoms with Gasteiger partial charge in [-0.1, -0.05) is 12.1 Å². The van der Waals surface area contributed by atoms with E-state index in [1.807, 2.05) is 51.1 Å². The molecule has 1 heterocycles. The number of amides is 1. The fraction of sp³-hybridized carbons (Fsp3) is 0.267. The highest BCUT2D eigenvalue weighted by atomic mass is 79.9. The van der Waals surface area contributed by atoms with E-state index in [0.717, 1.165) is 9.35 Å². The van der Waals surface area contributed by atoms with Crippen molar-refractivity contribution >= 4 is 38.9 Å². The summed E-state index contributed by atoms with van der Waals surface area (Å²) in [7, 11) is 0. The number of ether oxygens (including phenoxy) is 1. The van der Waals surface area contributed by atoms with Gasteiger partial charge in [0.1, 0.15) is 5.75 Å². The van der Waals surface area contributed by atoms with Gasteiger partial charge < -0.3 is 10.1 Å². The van der Waals surface area contributed by atoms with Crippen LogP contribution < -0.4 is 10.1 Å². The standard InChI is InChI=1S/C15H16BrNO2S/c1-9(2)19-12-7-5-4-6-11(12)17-15(18)13-8-10(3)14(16)20-13/h4-9H,1-3H3,(H,17,18). The smallest absolute Gasteiger partial charge is 0.265 e. The topological polar surface area (TPSA) is 38.3 Å². The number of aryl methyl sites for hydroxylation is 1. The van der Waals surface area contributed by atoms with Crippen LogP contribution in [-0.4, -0.2) is 12.0 Å². The van der Waals surface area contributed by atoms with Crippen LogP contribution in [-0.2, 0) is 0 Å². The highest BCUT2D eigenvalue weighted by Gasteiger charge is 2.13. The van der Waals surface area contributed by atoms with E-state index >= 15 is 0 Å². The van der Waals surface area contributed by atoms with Gasteiger partial charge in [0.05, 0.1) is 20.5 Å². The summed E-state index contributed by atoms with van der Waals surface area (Å²) in [5.41, 5.74) is 1.75. The number of para-hydroxylation sites is 2. The Morgan fingerprint density at radius 1 is 1.35 bits per heavy atom. The average Bonchev–Trinajstić information content (AvgIpc) is 2.71. The third kappa shape index (κ3) is 3.61. The summed E-state index contributed by atoms with van der Waals surface area (Å²) >= 11 is 4.86. The molecule has 1 amide bonds. The zero-order valence-electron chi connectivity index (χ0n) is 11.6. The van der Waals surface area contributed by atoms with Gasteiger partial charge >= 0.3 is 0 Å². The molecule has 0 saturated heterocycles. The van der Waals surface area contributed by atoms with Crippen LogP contribution in [0.25, 0.3) is 0 Å². The molecule has 1 aromatic heterocycles. The first-order chi connectivity index (χ1) is 9.47. The summed E-state index contributed by atoms with van der Waals surface area (Å²) in [4.78, 5) is 12.9. The van der Waals surface area contributed by atoms with E-state index in [0.29, 0.717) is 16.3 Å². The van der Waals surface area contributed by atoms with Crippen LogP contribution in [0.2, 0.25) is 0 Å². The molecule has 106 valence electrons. The van der Waals surface area contributed by atoms with Crippen LogP contribution in [0.15, 0.2) is 34.1 Å². The molecule has 0 aliphatic heterocycles. The molecular formula is C15H16BrNO2S. The number of anilines is 1. The van der Waals surface area contributed by atoms with Crippen molar-refractivity contribution in [3.63, 3.8) is 0 Å². The summed E-state index contributed by atoms with van der Waals surface area (Å²) in [5, 5.41) is 2.90. The maximum atomic E-state index is 12.2. The van der Waals surface area contributed by atoms with Gasteiger partial charge in [-0.05, 0) is 60.5 Å². The number of thiophene rings is 1. The predicted molar refractivity (Wildman–Crippen MR) is 86.9 cm³/mol. The largest absolute Gasteiger partial charge is 0.489 e. The molecule has 2 rings (SSSR count). The molecule has 0 saturated carbocycles. The minimum Gasteiger partial charge on any atom is -0.489 e. The Balaban J connectivity index is 2.19. The molecule has 0 fully saturated rings. The van der Waals surface area contributed by atoms with Crippen LogP contribution in [0.4, 0.5) is 5.69 Å². The molecule has 5 heteroatoms. The van der Waals surface area contributed by atoms with Gasteiger partial charge in [0, 0.05) is 0 Å². The van der Waals surface area contributed by atoms with Gasteiger partial charge in [0.2, 0.25) is 0 Å². The molecule has 3 nitrogen and oxygen atoms in total. The van der Waals surface area contributed by atoms with Crippen LogP contribution in [0.3, 0.4) is 0 Å². The lowest BCUT2D eigenvalue weighted by Crippen LogP contribution is -2.13. The predicted octanol–water partition coefficient (Wildman–Crippen LogP) is 4.86. The maximum Gasteiger partial charge on any atom is 0.265 e. The van der Waals surface area contributed by atoms with Crippen molar-refractivity contribution in [3.8, 4) is 5.75 Å². The lowest BCUT2D eigenvalue weighted by molar-refractivity contribution is 0.102. The van der Waals surface area contributed by atoms with Gasteiger partial charge in [-0.25, -0.2) is 0 Å². The van der Waals surface area contributed by atoms with Gasteiger partial charge in [-0.2, -0.15) is 0 Å². The average molecular weight is 354 g/mol. The number of halogens is 1. The van der Waals surface area contributed by atoms with Crippen LogP contribution >= 0.6 is 27.3 Å². The van der Waals surface area contributed by atoms with Crippen molar-refractivity contribution in [1.82, 2.24) is 0 Å². The summed E-state index contributed by atoms with van der Waals surface area (Å²) in [6.45, 7) is 5.88. The highest BCUT2D eigenvalue weighted by Crippen LogP contribution is 2.30. The Morgan fingerprint density at radius 3 is 2.65 bits per heavy atom. The molecular weight excluding hydrogens is 338 g/mol.